The van der Waals surface area contributed by atoms with Crippen molar-refractivity contribution in [1.29, 1.82) is 0 Å². The Morgan fingerprint density at radius 3 is 2.72 bits per heavy atom. The van der Waals surface area contributed by atoms with Gasteiger partial charge in [-0.2, -0.15) is 0 Å². The molecule has 3 aromatic rings. The van der Waals surface area contributed by atoms with Crippen LogP contribution in [0.25, 0.3) is 16.7 Å². The predicted molar refractivity (Wildman–Crippen MR) is 91.3 cm³/mol. The van der Waals surface area contributed by atoms with Crippen LogP contribution in [0.15, 0.2) is 53.6 Å². The summed E-state index contributed by atoms with van der Waals surface area (Å²) in [6.45, 7) is 1.56. The highest BCUT2D eigenvalue weighted by Crippen LogP contribution is 2.16. The Balaban J connectivity index is 2.19. The van der Waals surface area contributed by atoms with E-state index in [1.54, 1.807) is 16.7 Å². The van der Waals surface area contributed by atoms with E-state index in [0.29, 0.717) is 11.3 Å². The Kier molecular flexibility index (Phi) is 4.58. The molecule has 2 aromatic heterocycles. The first kappa shape index (κ1) is 16.8. The molecule has 0 unspecified atom stereocenters. The van der Waals surface area contributed by atoms with E-state index < -0.39 is 23.3 Å². The van der Waals surface area contributed by atoms with Crippen molar-refractivity contribution in [3.8, 4) is 5.69 Å². The lowest BCUT2D eigenvalue weighted by atomic mass is 10.1. The average molecular weight is 341 g/mol. The van der Waals surface area contributed by atoms with Gasteiger partial charge in [0.25, 0.3) is 5.91 Å². The number of halogens is 1. The lowest BCUT2D eigenvalue weighted by Crippen LogP contribution is -2.34. The van der Waals surface area contributed by atoms with Gasteiger partial charge in [-0.3, -0.25) is 9.59 Å². The number of hydrogen-bond donors (Lipinski definition) is 2. The molecular formula is C18H16FN3O3. The maximum atomic E-state index is 13.2. The number of carbonyl (C=O) groups excluding carboxylic acids is 1. The summed E-state index contributed by atoms with van der Waals surface area (Å²) in [6.07, 6.45) is 2.18. The zero-order chi connectivity index (χ0) is 18.0. The largest absolute Gasteiger partial charge is 0.392 e. The number of carbonyl (C=O) groups is 1. The molecule has 7 heteroatoms. The van der Waals surface area contributed by atoms with E-state index in [0.717, 1.165) is 0 Å². The van der Waals surface area contributed by atoms with Crippen molar-refractivity contribution in [3.05, 3.63) is 70.4 Å². The summed E-state index contributed by atoms with van der Waals surface area (Å²) in [5.41, 5.74) is 0.399. The fraction of sp³-hybridized carbons (Fsp3) is 0.167. The number of nitrogens with one attached hydrogen (secondary N) is 1. The van der Waals surface area contributed by atoms with Crippen molar-refractivity contribution in [1.82, 2.24) is 14.9 Å². The molecule has 3 rings (SSSR count). The first-order valence-electron chi connectivity index (χ1n) is 7.70. The first-order chi connectivity index (χ1) is 12.0. The molecule has 128 valence electrons. The third-order valence-corrected chi connectivity index (χ3v) is 3.67. The number of aromatic nitrogens is 2. The highest BCUT2D eigenvalue weighted by Gasteiger charge is 2.17. The quantitative estimate of drug-likeness (QED) is 0.755. The van der Waals surface area contributed by atoms with Gasteiger partial charge in [-0.05, 0) is 43.3 Å². The van der Waals surface area contributed by atoms with Crippen LogP contribution in [0.3, 0.4) is 0 Å². The van der Waals surface area contributed by atoms with E-state index in [1.165, 1.54) is 43.6 Å². The molecule has 6 nitrogen and oxygen atoms in total. The van der Waals surface area contributed by atoms with Crippen molar-refractivity contribution in [3.63, 3.8) is 0 Å². The third kappa shape index (κ3) is 3.41. The van der Waals surface area contributed by atoms with Crippen LogP contribution in [0, 0.1) is 5.82 Å². The minimum atomic E-state index is -0.731. The highest BCUT2D eigenvalue weighted by molar-refractivity contribution is 5.97. The first-order valence-corrected chi connectivity index (χ1v) is 7.70. The van der Waals surface area contributed by atoms with Crippen molar-refractivity contribution in [2.75, 3.05) is 6.54 Å². The molecule has 0 saturated carbocycles. The number of pyridine rings is 2. The van der Waals surface area contributed by atoms with Crippen molar-refractivity contribution in [2.45, 2.75) is 13.0 Å². The monoisotopic (exact) mass is 341 g/mol. The molecule has 1 aromatic carbocycles. The van der Waals surface area contributed by atoms with E-state index in [2.05, 4.69) is 10.3 Å². The smallest absolute Gasteiger partial charge is 0.256 e. The normalized spacial score (nSPS) is 12.1. The van der Waals surface area contributed by atoms with Gasteiger partial charge in [-0.15, -0.1) is 0 Å². The summed E-state index contributed by atoms with van der Waals surface area (Å²) in [5.74, 6) is -0.982. The van der Waals surface area contributed by atoms with Crippen LogP contribution >= 0.6 is 0 Å². The summed E-state index contributed by atoms with van der Waals surface area (Å²) < 4.78 is 14.8. The van der Waals surface area contributed by atoms with Gasteiger partial charge in [0.05, 0.1) is 11.5 Å². The fourth-order valence-electron chi connectivity index (χ4n) is 2.46. The van der Waals surface area contributed by atoms with Gasteiger partial charge in [0.2, 0.25) is 5.43 Å². The Bertz CT molecular complexity index is 981. The molecule has 0 saturated heterocycles. The molecule has 1 amide bonds. The van der Waals surface area contributed by atoms with Gasteiger partial charge in [-0.1, -0.05) is 0 Å². The maximum absolute atomic E-state index is 13.2. The van der Waals surface area contributed by atoms with Crippen LogP contribution in [0.4, 0.5) is 4.39 Å². The van der Waals surface area contributed by atoms with Crippen molar-refractivity contribution < 1.29 is 14.3 Å². The summed E-state index contributed by atoms with van der Waals surface area (Å²) >= 11 is 0. The molecule has 0 aliphatic carbocycles. The third-order valence-electron chi connectivity index (χ3n) is 3.67. The molecule has 25 heavy (non-hydrogen) atoms. The number of hydrogen-bond acceptors (Lipinski definition) is 4. The minimum Gasteiger partial charge on any atom is -0.392 e. The lowest BCUT2D eigenvalue weighted by molar-refractivity contribution is 0.0922. The molecule has 0 fully saturated rings. The molecule has 2 heterocycles. The number of amides is 1. The van der Waals surface area contributed by atoms with Crippen molar-refractivity contribution >= 4 is 16.9 Å². The molecule has 0 aliphatic rings. The van der Waals surface area contributed by atoms with Crippen LogP contribution in [0.1, 0.15) is 17.3 Å². The SMILES string of the molecule is C[C@@H](O)CNC(=O)c1cn(-c2ccc(F)cc2)c2ncccc2c1=O. The van der Waals surface area contributed by atoms with E-state index in [9.17, 15) is 19.1 Å². The van der Waals surface area contributed by atoms with Gasteiger partial charge in [-0.25, -0.2) is 9.37 Å². The number of rotatable bonds is 4. The van der Waals surface area contributed by atoms with Crippen LogP contribution in [-0.2, 0) is 0 Å². The standard InChI is InChI=1S/C18H16FN3O3/c1-11(23)9-21-18(25)15-10-22(13-6-4-12(19)5-7-13)17-14(16(15)24)3-2-8-20-17/h2-8,10-11,23H,9H2,1H3,(H,21,25)/t11-/m1/s1. The molecule has 2 N–H and O–H groups in total. The van der Waals surface area contributed by atoms with Gasteiger partial charge in [0.1, 0.15) is 17.0 Å². The van der Waals surface area contributed by atoms with Gasteiger partial charge >= 0.3 is 0 Å². The zero-order valence-electron chi connectivity index (χ0n) is 13.4. The van der Waals surface area contributed by atoms with Crippen molar-refractivity contribution in [2.24, 2.45) is 0 Å². The fourth-order valence-corrected chi connectivity index (χ4v) is 2.46. The Labute approximate surface area is 142 Å². The Morgan fingerprint density at radius 1 is 1.32 bits per heavy atom. The molecule has 1 atom stereocenters. The van der Waals surface area contributed by atoms with E-state index in [-0.39, 0.29) is 17.5 Å². The molecule has 0 bridgehead atoms. The van der Waals surface area contributed by atoms with Crippen LogP contribution in [0.5, 0.6) is 0 Å². The minimum absolute atomic E-state index is 0.0277. The van der Waals surface area contributed by atoms with Gasteiger partial charge in [0.15, 0.2) is 0 Å². The van der Waals surface area contributed by atoms with E-state index >= 15 is 0 Å². The molecule has 0 aliphatic heterocycles. The number of aliphatic hydroxyl groups excluding tert-OH is 1. The summed E-state index contributed by atoms with van der Waals surface area (Å²) in [7, 11) is 0. The topological polar surface area (TPSA) is 84.2 Å². The summed E-state index contributed by atoms with van der Waals surface area (Å²) in [4.78, 5) is 29.2. The van der Waals surface area contributed by atoms with E-state index in [4.69, 9.17) is 0 Å². The Hall–Kier alpha value is -3.06. The van der Waals surface area contributed by atoms with Gasteiger partial charge < -0.3 is 15.0 Å². The number of benzene rings is 1. The number of aliphatic hydroxyl groups is 1. The maximum Gasteiger partial charge on any atom is 0.256 e. The average Bonchev–Trinajstić information content (AvgIpc) is 2.61. The zero-order valence-corrected chi connectivity index (χ0v) is 13.4. The molecule has 0 spiro atoms. The van der Waals surface area contributed by atoms with Crippen LogP contribution < -0.4 is 10.7 Å². The lowest BCUT2D eigenvalue weighted by Gasteiger charge is -2.13. The second kappa shape index (κ2) is 6.82. The van der Waals surface area contributed by atoms with E-state index in [1.807, 2.05) is 0 Å². The van der Waals surface area contributed by atoms with Crippen LogP contribution in [0.2, 0.25) is 0 Å². The van der Waals surface area contributed by atoms with Crippen LogP contribution in [-0.4, -0.2) is 33.2 Å². The second-order valence-corrected chi connectivity index (χ2v) is 5.65. The Morgan fingerprint density at radius 2 is 2.04 bits per heavy atom. The second-order valence-electron chi connectivity index (χ2n) is 5.65. The number of fused-ring (bicyclic) bond motifs is 1. The predicted octanol–water partition coefficient (Wildman–Crippen LogP) is 1.64. The molecule has 0 radical (unpaired) electrons. The summed E-state index contributed by atoms with van der Waals surface area (Å²) in [5, 5.41) is 12.1. The highest BCUT2D eigenvalue weighted by atomic mass is 19.1. The van der Waals surface area contributed by atoms with Gasteiger partial charge in [0, 0.05) is 24.6 Å². The summed E-state index contributed by atoms with van der Waals surface area (Å²) in [6, 6.07) is 8.83. The molecular weight excluding hydrogens is 325 g/mol. The number of nitrogens with zero attached hydrogens (tertiary/aromatic N) is 2.